The Morgan fingerprint density at radius 3 is 2.10 bits per heavy atom. The highest BCUT2D eigenvalue weighted by atomic mass is 16.4. The number of benzene rings is 1. The van der Waals surface area contributed by atoms with Crippen molar-refractivity contribution in [3.8, 4) is 0 Å². The van der Waals surface area contributed by atoms with Crippen LogP contribution in [0.1, 0.15) is 47.4 Å². The van der Waals surface area contributed by atoms with Gasteiger partial charge in [0, 0.05) is 11.6 Å². The lowest BCUT2D eigenvalue weighted by atomic mass is 9.75. The van der Waals surface area contributed by atoms with Gasteiger partial charge in [0.15, 0.2) is 0 Å². The van der Waals surface area contributed by atoms with Gasteiger partial charge in [-0.15, -0.1) is 0 Å². The summed E-state index contributed by atoms with van der Waals surface area (Å²) in [4.78, 5) is 45.8. The van der Waals surface area contributed by atoms with Gasteiger partial charge in [0.1, 0.15) is 12.1 Å². The lowest BCUT2D eigenvalue weighted by Crippen LogP contribution is -2.58. The number of H-pyrrole nitrogens is 1. The van der Waals surface area contributed by atoms with E-state index in [1.54, 1.807) is 6.07 Å². The summed E-state index contributed by atoms with van der Waals surface area (Å²) >= 11 is 0. The molecule has 1 fully saturated rings. The fourth-order valence-electron chi connectivity index (χ4n) is 3.28. The van der Waals surface area contributed by atoms with Crippen molar-refractivity contribution in [2.75, 3.05) is 0 Å². The predicted molar refractivity (Wildman–Crippen MR) is 101 cm³/mol. The number of aromatic amines is 1. The SMILES string of the molecule is CC1(C)CCC(C(=O)O)NC1C(=O)O.O=C(O)c1c[nH]c2c(C(=O)O)cccc12. The molecule has 6 N–H and O–H groups in total. The van der Waals surface area contributed by atoms with E-state index in [0.717, 1.165) is 0 Å². The van der Waals surface area contributed by atoms with Crippen LogP contribution in [-0.4, -0.2) is 61.4 Å². The number of fused-ring (bicyclic) bond motifs is 1. The fraction of sp³-hybridized carbons (Fsp3) is 0.368. The number of aliphatic carboxylic acids is 2. The zero-order valence-corrected chi connectivity index (χ0v) is 15.8. The van der Waals surface area contributed by atoms with E-state index in [1.807, 2.05) is 13.8 Å². The van der Waals surface area contributed by atoms with Gasteiger partial charge < -0.3 is 25.4 Å². The average Bonchev–Trinajstić information content (AvgIpc) is 3.05. The van der Waals surface area contributed by atoms with Crippen LogP contribution in [0.5, 0.6) is 0 Å². The zero-order valence-electron chi connectivity index (χ0n) is 15.8. The molecule has 2 atom stereocenters. The molecule has 2 unspecified atom stereocenters. The maximum Gasteiger partial charge on any atom is 0.337 e. The Morgan fingerprint density at radius 1 is 0.966 bits per heavy atom. The highest BCUT2D eigenvalue weighted by Crippen LogP contribution is 2.32. The molecule has 0 amide bonds. The van der Waals surface area contributed by atoms with Gasteiger partial charge in [-0.1, -0.05) is 26.0 Å². The molecule has 0 aliphatic carbocycles. The number of hydrogen-bond acceptors (Lipinski definition) is 5. The van der Waals surface area contributed by atoms with Crippen molar-refractivity contribution < 1.29 is 39.6 Å². The normalized spacial score (nSPS) is 20.3. The van der Waals surface area contributed by atoms with Crippen LogP contribution in [0, 0.1) is 5.41 Å². The largest absolute Gasteiger partial charge is 0.480 e. The molecule has 1 aliphatic heterocycles. The third kappa shape index (κ3) is 4.72. The van der Waals surface area contributed by atoms with Crippen LogP contribution in [0.15, 0.2) is 24.4 Å². The topological polar surface area (TPSA) is 177 Å². The number of hydrogen-bond donors (Lipinski definition) is 6. The minimum atomic E-state index is -1.08. The van der Waals surface area contributed by atoms with Crippen molar-refractivity contribution in [1.82, 2.24) is 10.3 Å². The van der Waals surface area contributed by atoms with Crippen molar-refractivity contribution in [1.29, 1.82) is 0 Å². The van der Waals surface area contributed by atoms with Crippen LogP contribution >= 0.6 is 0 Å². The first-order chi connectivity index (χ1) is 13.5. The van der Waals surface area contributed by atoms with Crippen molar-refractivity contribution in [3.05, 3.63) is 35.5 Å². The molecule has 1 saturated heterocycles. The Labute approximate surface area is 165 Å². The molecule has 1 aromatic carbocycles. The van der Waals surface area contributed by atoms with Gasteiger partial charge in [-0.3, -0.25) is 14.9 Å². The van der Waals surface area contributed by atoms with Crippen LogP contribution in [0.25, 0.3) is 10.9 Å². The van der Waals surface area contributed by atoms with Gasteiger partial charge in [0.2, 0.25) is 0 Å². The summed E-state index contributed by atoms with van der Waals surface area (Å²) in [5.41, 5.74) is 0.0909. The van der Waals surface area contributed by atoms with E-state index in [-0.39, 0.29) is 11.1 Å². The first kappa shape index (κ1) is 21.9. The molecule has 156 valence electrons. The molecule has 1 aromatic heterocycles. The molecule has 2 heterocycles. The van der Waals surface area contributed by atoms with Crippen LogP contribution in [0.2, 0.25) is 0 Å². The highest BCUT2D eigenvalue weighted by molar-refractivity contribution is 6.09. The monoisotopic (exact) mass is 406 g/mol. The molecule has 0 radical (unpaired) electrons. The van der Waals surface area contributed by atoms with Crippen molar-refractivity contribution in [2.45, 2.75) is 38.8 Å². The van der Waals surface area contributed by atoms with Crippen molar-refractivity contribution in [2.24, 2.45) is 5.41 Å². The molecule has 0 saturated carbocycles. The number of aromatic carboxylic acids is 2. The minimum absolute atomic E-state index is 0.0694. The van der Waals surface area contributed by atoms with Gasteiger partial charge in [-0.25, -0.2) is 9.59 Å². The lowest BCUT2D eigenvalue weighted by Gasteiger charge is -2.39. The molecule has 29 heavy (non-hydrogen) atoms. The van der Waals surface area contributed by atoms with Gasteiger partial charge in [-0.2, -0.15) is 0 Å². The quantitative estimate of drug-likeness (QED) is 0.442. The number of carbonyl (C=O) groups is 4. The molecule has 10 heteroatoms. The standard InChI is InChI=1S/C10H7NO4.C9H15NO4/c12-9(13)6-3-1-2-5-7(10(14)15)4-11-8(5)6;1-9(2)4-3-5(7(11)12)10-6(9)8(13)14/h1-4,11H,(H,12,13)(H,14,15);5-6,10H,3-4H2,1-2H3,(H,11,12)(H,13,14). The molecule has 0 bridgehead atoms. The molecule has 1 aliphatic rings. The Hall–Kier alpha value is -3.40. The Morgan fingerprint density at radius 2 is 1.59 bits per heavy atom. The first-order valence-electron chi connectivity index (χ1n) is 8.74. The Balaban J connectivity index is 0.000000208. The smallest absolute Gasteiger partial charge is 0.337 e. The molecule has 2 aromatic rings. The number of carboxylic acid groups (broad SMARTS) is 4. The predicted octanol–water partition coefficient (Wildman–Crippen LogP) is 1.87. The zero-order chi connectivity index (χ0) is 21.9. The second-order valence-corrected chi connectivity index (χ2v) is 7.40. The number of para-hydroxylation sites is 1. The first-order valence-corrected chi connectivity index (χ1v) is 8.74. The summed E-state index contributed by atoms with van der Waals surface area (Å²) in [5, 5.41) is 38.4. The van der Waals surface area contributed by atoms with E-state index in [9.17, 15) is 19.2 Å². The number of piperidine rings is 1. The number of rotatable bonds is 4. The molecule has 3 rings (SSSR count). The Bertz CT molecular complexity index is 962. The summed E-state index contributed by atoms with van der Waals surface area (Å²) in [7, 11) is 0. The maximum atomic E-state index is 10.9. The molecular formula is C19H22N2O8. The highest BCUT2D eigenvalue weighted by Gasteiger charge is 2.42. The lowest BCUT2D eigenvalue weighted by molar-refractivity contribution is -0.147. The molecule has 0 spiro atoms. The second kappa shape index (κ2) is 8.31. The van der Waals surface area contributed by atoms with E-state index < -0.39 is 41.4 Å². The number of aromatic nitrogens is 1. The number of nitrogens with one attached hydrogen (secondary N) is 2. The third-order valence-electron chi connectivity index (χ3n) is 4.95. The van der Waals surface area contributed by atoms with Crippen LogP contribution in [0.4, 0.5) is 0 Å². The van der Waals surface area contributed by atoms with Crippen LogP contribution in [-0.2, 0) is 9.59 Å². The summed E-state index contributed by atoms with van der Waals surface area (Å²) in [6.45, 7) is 3.66. The van der Waals surface area contributed by atoms with Gasteiger partial charge in [0.05, 0.1) is 16.6 Å². The van der Waals surface area contributed by atoms with Crippen molar-refractivity contribution in [3.63, 3.8) is 0 Å². The van der Waals surface area contributed by atoms with E-state index in [2.05, 4.69) is 10.3 Å². The average molecular weight is 406 g/mol. The van der Waals surface area contributed by atoms with Crippen LogP contribution < -0.4 is 5.32 Å². The van der Waals surface area contributed by atoms with Crippen molar-refractivity contribution >= 4 is 34.8 Å². The molecule has 10 nitrogen and oxygen atoms in total. The van der Waals surface area contributed by atoms with Gasteiger partial charge in [0.25, 0.3) is 0 Å². The molecular weight excluding hydrogens is 384 g/mol. The van der Waals surface area contributed by atoms with E-state index in [4.69, 9.17) is 20.4 Å². The minimum Gasteiger partial charge on any atom is -0.480 e. The summed E-state index contributed by atoms with van der Waals surface area (Å²) < 4.78 is 0. The number of carboxylic acids is 4. The summed E-state index contributed by atoms with van der Waals surface area (Å²) in [5.74, 6) is -4.13. The summed E-state index contributed by atoms with van der Waals surface area (Å²) in [6.07, 6.45) is 2.37. The third-order valence-corrected chi connectivity index (χ3v) is 4.95. The maximum absolute atomic E-state index is 10.9. The fourth-order valence-corrected chi connectivity index (χ4v) is 3.28. The van der Waals surface area contributed by atoms with Gasteiger partial charge >= 0.3 is 23.9 Å². The van der Waals surface area contributed by atoms with E-state index in [1.165, 1.54) is 18.3 Å². The Kier molecular flexibility index (Phi) is 6.28. The van der Waals surface area contributed by atoms with E-state index in [0.29, 0.717) is 23.7 Å². The second-order valence-electron chi connectivity index (χ2n) is 7.40. The van der Waals surface area contributed by atoms with E-state index >= 15 is 0 Å². The van der Waals surface area contributed by atoms with Crippen LogP contribution in [0.3, 0.4) is 0 Å². The summed E-state index contributed by atoms with van der Waals surface area (Å²) in [6, 6.07) is 3.00. The van der Waals surface area contributed by atoms with Gasteiger partial charge in [-0.05, 0) is 24.3 Å².